The minimum absolute atomic E-state index is 0.0244. The molecule has 2 N–H and O–H groups in total. The molecule has 6 heteroatoms. The van der Waals surface area contributed by atoms with E-state index in [0.29, 0.717) is 38.3 Å². The molecule has 0 radical (unpaired) electrons. The van der Waals surface area contributed by atoms with Crippen LogP contribution in [-0.2, 0) is 14.3 Å². The zero-order valence-corrected chi connectivity index (χ0v) is 12.8. The maximum atomic E-state index is 11.9. The van der Waals surface area contributed by atoms with Crippen LogP contribution in [0.25, 0.3) is 0 Å². The number of anilines is 1. The predicted octanol–water partition coefficient (Wildman–Crippen LogP) is 1.57. The third-order valence-corrected chi connectivity index (χ3v) is 3.46. The van der Waals surface area contributed by atoms with Gasteiger partial charge in [-0.2, -0.15) is 0 Å². The fraction of sp³-hybridized carbons (Fsp3) is 0.500. The lowest BCUT2D eigenvalue weighted by Crippen LogP contribution is -2.38. The summed E-state index contributed by atoms with van der Waals surface area (Å²) >= 11 is 0. The highest BCUT2D eigenvalue weighted by atomic mass is 16.5. The monoisotopic (exact) mass is 306 g/mol. The van der Waals surface area contributed by atoms with Crippen molar-refractivity contribution in [1.29, 1.82) is 0 Å². The standard InChI is InChI=1S/C16H22N2O4/c1-2-22-14-5-3-13(4-6-14)18-15(19)11-17-16(20)12-7-9-21-10-8-12/h3-6,12H,2,7-11H2,1H3,(H,17,20)(H,18,19). The van der Waals surface area contributed by atoms with Crippen LogP contribution in [0.5, 0.6) is 5.75 Å². The first-order valence-corrected chi connectivity index (χ1v) is 7.57. The van der Waals surface area contributed by atoms with E-state index in [2.05, 4.69) is 10.6 Å². The number of rotatable bonds is 6. The Morgan fingerprint density at radius 2 is 1.91 bits per heavy atom. The number of carbonyl (C=O) groups excluding carboxylic acids is 2. The molecule has 1 aliphatic rings. The first kappa shape index (κ1) is 16.3. The Bertz CT molecular complexity index is 495. The Kier molecular flexibility index (Phi) is 6.21. The molecule has 0 saturated carbocycles. The van der Waals surface area contributed by atoms with Gasteiger partial charge in [0.25, 0.3) is 0 Å². The lowest BCUT2D eigenvalue weighted by molar-refractivity contribution is -0.129. The number of hydrogen-bond acceptors (Lipinski definition) is 4. The SMILES string of the molecule is CCOc1ccc(NC(=O)CNC(=O)C2CCOCC2)cc1. The van der Waals surface area contributed by atoms with Crippen molar-refractivity contribution in [2.75, 3.05) is 31.7 Å². The van der Waals surface area contributed by atoms with Crippen LogP contribution in [0.15, 0.2) is 24.3 Å². The van der Waals surface area contributed by atoms with Gasteiger partial charge in [0, 0.05) is 24.8 Å². The summed E-state index contributed by atoms with van der Waals surface area (Å²) in [6.45, 7) is 3.71. The highest BCUT2D eigenvalue weighted by Gasteiger charge is 2.21. The van der Waals surface area contributed by atoms with E-state index < -0.39 is 0 Å². The van der Waals surface area contributed by atoms with Gasteiger partial charge in [-0.25, -0.2) is 0 Å². The van der Waals surface area contributed by atoms with E-state index in [1.807, 2.05) is 6.92 Å². The van der Waals surface area contributed by atoms with Crippen molar-refractivity contribution in [3.05, 3.63) is 24.3 Å². The van der Waals surface area contributed by atoms with E-state index in [1.54, 1.807) is 24.3 Å². The summed E-state index contributed by atoms with van der Waals surface area (Å²) in [5.74, 6) is 0.384. The van der Waals surface area contributed by atoms with E-state index in [-0.39, 0.29) is 24.3 Å². The summed E-state index contributed by atoms with van der Waals surface area (Å²) in [6.07, 6.45) is 1.43. The summed E-state index contributed by atoms with van der Waals surface area (Å²) in [5, 5.41) is 5.41. The summed E-state index contributed by atoms with van der Waals surface area (Å²) in [5.41, 5.74) is 0.675. The predicted molar refractivity (Wildman–Crippen MR) is 82.8 cm³/mol. The van der Waals surface area contributed by atoms with Crippen LogP contribution in [0.3, 0.4) is 0 Å². The largest absolute Gasteiger partial charge is 0.494 e. The molecule has 1 aliphatic heterocycles. The van der Waals surface area contributed by atoms with Crippen molar-refractivity contribution in [2.24, 2.45) is 5.92 Å². The fourth-order valence-electron chi connectivity index (χ4n) is 2.28. The van der Waals surface area contributed by atoms with E-state index in [0.717, 1.165) is 5.75 Å². The Hall–Kier alpha value is -2.08. The third-order valence-electron chi connectivity index (χ3n) is 3.46. The molecule has 2 amide bonds. The van der Waals surface area contributed by atoms with Crippen LogP contribution in [0.2, 0.25) is 0 Å². The van der Waals surface area contributed by atoms with Gasteiger partial charge in [-0.15, -0.1) is 0 Å². The maximum Gasteiger partial charge on any atom is 0.243 e. The molecule has 120 valence electrons. The summed E-state index contributed by atoms with van der Waals surface area (Å²) in [6, 6.07) is 7.12. The summed E-state index contributed by atoms with van der Waals surface area (Å²) in [4.78, 5) is 23.7. The molecule has 0 spiro atoms. The van der Waals surface area contributed by atoms with Crippen molar-refractivity contribution < 1.29 is 19.1 Å². The van der Waals surface area contributed by atoms with Gasteiger partial charge in [0.1, 0.15) is 5.75 Å². The van der Waals surface area contributed by atoms with Crippen LogP contribution < -0.4 is 15.4 Å². The van der Waals surface area contributed by atoms with Crippen LogP contribution in [0, 0.1) is 5.92 Å². The number of benzene rings is 1. The van der Waals surface area contributed by atoms with E-state index in [9.17, 15) is 9.59 Å². The van der Waals surface area contributed by atoms with Gasteiger partial charge < -0.3 is 20.1 Å². The van der Waals surface area contributed by atoms with Crippen LogP contribution >= 0.6 is 0 Å². The first-order valence-electron chi connectivity index (χ1n) is 7.57. The van der Waals surface area contributed by atoms with Crippen molar-refractivity contribution >= 4 is 17.5 Å². The summed E-state index contributed by atoms with van der Waals surface area (Å²) in [7, 11) is 0. The molecule has 0 aliphatic carbocycles. The van der Waals surface area contributed by atoms with Gasteiger partial charge in [0.15, 0.2) is 0 Å². The Balaban J connectivity index is 1.73. The zero-order valence-electron chi connectivity index (χ0n) is 12.8. The Labute approximate surface area is 130 Å². The number of amides is 2. The maximum absolute atomic E-state index is 11.9. The molecule has 0 aromatic heterocycles. The molecule has 1 fully saturated rings. The quantitative estimate of drug-likeness (QED) is 0.836. The average Bonchev–Trinajstić information content (AvgIpc) is 2.55. The molecule has 0 unspecified atom stereocenters. The number of nitrogens with one attached hydrogen (secondary N) is 2. The molecule has 6 nitrogen and oxygen atoms in total. The highest BCUT2D eigenvalue weighted by Crippen LogP contribution is 2.16. The molecule has 1 heterocycles. The molecule has 2 rings (SSSR count). The Morgan fingerprint density at radius 3 is 2.55 bits per heavy atom. The molecule has 0 atom stereocenters. The van der Waals surface area contributed by atoms with Gasteiger partial charge in [-0.05, 0) is 44.0 Å². The van der Waals surface area contributed by atoms with Gasteiger partial charge in [-0.3, -0.25) is 9.59 Å². The second-order valence-electron chi connectivity index (χ2n) is 5.11. The van der Waals surface area contributed by atoms with Crippen LogP contribution in [-0.4, -0.2) is 38.2 Å². The first-order chi connectivity index (χ1) is 10.7. The van der Waals surface area contributed by atoms with E-state index in [4.69, 9.17) is 9.47 Å². The zero-order chi connectivity index (χ0) is 15.8. The van der Waals surface area contributed by atoms with Crippen molar-refractivity contribution in [3.63, 3.8) is 0 Å². The lowest BCUT2D eigenvalue weighted by Gasteiger charge is -2.21. The topological polar surface area (TPSA) is 76.7 Å². The highest BCUT2D eigenvalue weighted by molar-refractivity contribution is 5.94. The van der Waals surface area contributed by atoms with Crippen LogP contribution in [0.4, 0.5) is 5.69 Å². The minimum Gasteiger partial charge on any atom is -0.494 e. The molecule has 1 saturated heterocycles. The molecular formula is C16H22N2O4. The third kappa shape index (κ3) is 5.04. The molecule has 0 bridgehead atoms. The molecule has 22 heavy (non-hydrogen) atoms. The second-order valence-corrected chi connectivity index (χ2v) is 5.11. The molecule has 1 aromatic carbocycles. The van der Waals surface area contributed by atoms with E-state index >= 15 is 0 Å². The number of hydrogen-bond donors (Lipinski definition) is 2. The van der Waals surface area contributed by atoms with Gasteiger partial charge in [-0.1, -0.05) is 0 Å². The van der Waals surface area contributed by atoms with Gasteiger partial charge in [0.2, 0.25) is 11.8 Å². The molecular weight excluding hydrogens is 284 g/mol. The smallest absolute Gasteiger partial charge is 0.243 e. The minimum atomic E-state index is -0.246. The van der Waals surface area contributed by atoms with Crippen molar-refractivity contribution in [1.82, 2.24) is 5.32 Å². The van der Waals surface area contributed by atoms with Crippen molar-refractivity contribution in [3.8, 4) is 5.75 Å². The summed E-state index contributed by atoms with van der Waals surface area (Å²) < 4.78 is 10.5. The van der Waals surface area contributed by atoms with E-state index in [1.165, 1.54) is 0 Å². The van der Waals surface area contributed by atoms with Crippen molar-refractivity contribution in [2.45, 2.75) is 19.8 Å². The van der Waals surface area contributed by atoms with Gasteiger partial charge in [0.05, 0.1) is 13.2 Å². The van der Waals surface area contributed by atoms with Crippen LogP contribution in [0.1, 0.15) is 19.8 Å². The average molecular weight is 306 g/mol. The Morgan fingerprint density at radius 1 is 1.23 bits per heavy atom. The second kappa shape index (κ2) is 8.38. The van der Waals surface area contributed by atoms with Gasteiger partial charge >= 0.3 is 0 Å². The molecule has 1 aromatic rings. The fourth-order valence-corrected chi connectivity index (χ4v) is 2.28. The number of ether oxygens (including phenoxy) is 2. The normalized spacial score (nSPS) is 15.1. The number of carbonyl (C=O) groups is 2. The lowest BCUT2D eigenvalue weighted by atomic mass is 9.99.